The minimum atomic E-state index is -6.34. The molecule has 0 spiro atoms. The van der Waals surface area contributed by atoms with E-state index in [2.05, 4.69) is 4.74 Å². The maximum Gasteiger partial charge on any atom is 0.429 e. The van der Waals surface area contributed by atoms with Gasteiger partial charge in [-0.2, -0.15) is 22.0 Å². The Balaban J connectivity index is 5.75. The molecule has 0 aromatic heterocycles. The number of aliphatic hydroxyl groups is 1. The standard InChI is InChI=1S/C16H23F7O3/c1-9(2)7-13(6,12(3,4)5)11(24)26-8-14(19,20)15(25,10(17)18)16(21,22)23/h7,10,25H,8H2,1-6H3. The number of allylic oxidation sites excluding steroid dienone is 1. The van der Waals surface area contributed by atoms with Crippen LogP contribution in [0.15, 0.2) is 11.6 Å². The summed E-state index contributed by atoms with van der Waals surface area (Å²) in [5.41, 5.74) is -7.46. The highest BCUT2D eigenvalue weighted by Crippen LogP contribution is 2.47. The number of alkyl halides is 7. The Kier molecular flexibility index (Phi) is 6.99. The molecule has 10 heteroatoms. The van der Waals surface area contributed by atoms with Crippen LogP contribution in [0.3, 0.4) is 0 Å². The average Bonchev–Trinajstić information content (AvgIpc) is 2.39. The number of carbonyl (C=O) groups is 1. The van der Waals surface area contributed by atoms with Crippen LogP contribution in [0.5, 0.6) is 0 Å². The van der Waals surface area contributed by atoms with Gasteiger partial charge in [-0.25, -0.2) is 8.78 Å². The van der Waals surface area contributed by atoms with Gasteiger partial charge in [0.1, 0.15) is 0 Å². The van der Waals surface area contributed by atoms with Crippen molar-refractivity contribution in [2.45, 2.75) is 65.7 Å². The van der Waals surface area contributed by atoms with Gasteiger partial charge in [0.2, 0.25) is 0 Å². The fourth-order valence-electron chi connectivity index (χ4n) is 2.07. The highest BCUT2D eigenvalue weighted by atomic mass is 19.4. The maximum absolute atomic E-state index is 13.8. The zero-order chi connectivity index (χ0) is 21.4. The normalized spacial score (nSPS) is 18.1. The lowest BCUT2D eigenvalue weighted by atomic mass is 9.67. The van der Waals surface area contributed by atoms with E-state index < -0.39 is 47.5 Å². The predicted octanol–water partition coefficient (Wildman–Crippen LogP) is 4.74. The number of rotatable bonds is 6. The Morgan fingerprint density at radius 1 is 1.04 bits per heavy atom. The predicted molar refractivity (Wildman–Crippen MR) is 79.9 cm³/mol. The lowest BCUT2D eigenvalue weighted by Gasteiger charge is -2.39. The molecule has 2 unspecified atom stereocenters. The molecule has 0 aliphatic heterocycles. The van der Waals surface area contributed by atoms with Crippen LogP contribution in [0.25, 0.3) is 0 Å². The molecule has 0 aliphatic carbocycles. The highest BCUT2D eigenvalue weighted by Gasteiger charge is 2.75. The molecule has 26 heavy (non-hydrogen) atoms. The fraction of sp³-hybridized carbons (Fsp3) is 0.812. The molecule has 0 amide bonds. The minimum Gasteiger partial charge on any atom is -0.458 e. The van der Waals surface area contributed by atoms with E-state index in [1.54, 1.807) is 34.6 Å². The van der Waals surface area contributed by atoms with Gasteiger partial charge in [0.25, 0.3) is 12.0 Å². The molecule has 0 aromatic carbocycles. The second-order valence-electron chi connectivity index (χ2n) is 7.52. The van der Waals surface area contributed by atoms with Crippen LogP contribution in [-0.2, 0) is 9.53 Å². The molecule has 2 atom stereocenters. The highest BCUT2D eigenvalue weighted by molar-refractivity contribution is 5.80. The molecule has 0 aromatic rings. The lowest BCUT2D eigenvalue weighted by molar-refractivity contribution is -0.370. The van der Waals surface area contributed by atoms with Gasteiger partial charge in [-0.3, -0.25) is 4.79 Å². The van der Waals surface area contributed by atoms with Crippen molar-refractivity contribution < 1.29 is 45.4 Å². The number of hydrogen-bond donors (Lipinski definition) is 1. The van der Waals surface area contributed by atoms with Gasteiger partial charge in [0.05, 0.1) is 5.41 Å². The van der Waals surface area contributed by atoms with Gasteiger partial charge in [0, 0.05) is 0 Å². The quantitative estimate of drug-likeness (QED) is 0.401. The van der Waals surface area contributed by atoms with Crippen molar-refractivity contribution in [3.8, 4) is 0 Å². The van der Waals surface area contributed by atoms with Gasteiger partial charge >= 0.3 is 18.1 Å². The third-order valence-corrected chi connectivity index (χ3v) is 4.25. The van der Waals surface area contributed by atoms with E-state index in [1.165, 1.54) is 13.0 Å². The van der Waals surface area contributed by atoms with E-state index in [1.807, 2.05) is 0 Å². The molecule has 0 heterocycles. The summed E-state index contributed by atoms with van der Waals surface area (Å²) in [4.78, 5) is 12.3. The summed E-state index contributed by atoms with van der Waals surface area (Å²) in [6, 6.07) is 0. The number of carbonyl (C=O) groups excluding carboxylic acids is 1. The molecule has 0 fully saturated rings. The first-order chi connectivity index (χ1) is 11.2. The zero-order valence-electron chi connectivity index (χ0n) is 15.3. The Labute approximate surface area is 147 Å². The second kappa shape index (κ2) is 7.36. The average molecular weight is 396 g/mol. The third kappa shape index (κ3) is 4.50. The summed E-state index contributed by atoms with van der Waals surface area (Å²) in [6.45, 7) is 6.87. The van der Waals surface area contributed by atoms with Gasteiger partial charge < -0.3 is 9.84 Å². The molecule has 0 aliphatic rings. The van der Waals surface area contributed by atoms with Crippen LogP contribution in [0.2, 0.25) is 0 Å². The second-order valence-corrected chi connectivity index (χ2v) is 7.52. The molecule has 0 saturated carbocycles. The molecular weight excluding hydrogens is 373 g/mol. The van der Waals surface area contributed by atoms with Crippen molar-refractivity contribution in [2.75, 3.05) is 6.61 Å². The van der Waals surface area contributed by atoms with Crippen LogP contribution >= 0.6 is 0 Å². The van der Waals surface area contributed by atoms with E-state index in [0.29, 0.717) is 5.57 Å². The maximum atomic E-state index is 13.8. The van der Waals surface area contributed by atoms with Gasteiger partial charge in [-0.1, -0.05) is 32.4 Å². The summed E-state index contributed by atoms with van der Waals surface area (Å²) in [5.74, 6) is -6.79. The van der Waals surface area contributed by atoms with Gasteiger partial charge in [-0.05, 0) is 26.2 Å². The van der Waals surface area contributed by atoms with Crippen molar-refractivity contribution in [3.63, 3.8) is 0 Å². The van der Waals surface area contributed by atoms with Gasteiger partial charge in [0.15, 0.2) is 6.61 Å². The number of esters is 1. The third-order valence-electron chi connectivity index (χ3n) is 4.25. The first kappa shape index (κ1) is 24.7. The summed E-state index contributed by atoms with van der Waals surface area (Å²) in [6.07, 6.45) is -9.80. The first-order valence-corrected chi connectivity index (χ1v) is 7.52. The van der Waals surface area contributed by atoms with Crippen molar-refractivity contribution in [3.05, 3.63) is 11.6 Å². The van der Waals surface area contributed by atoms with Gasteiger partial charge in [-0.15, -0.1) is 0 Å². The van der Waals surface area contributed by atoms with E-state index in [4.69, 9.17) is 5.11 Å². The molecule has 3 nitrogen and oxygen atoms in total. The van der Waals surface area contributed by atoms with Crippen LogP contribution in [-0.4, -0.2) is 41.8 Å². The number of ether oxygens (including phenoxy) is 1. The Hall–Kier alpha value is -1.32. The Morgan fingerprint density at radius 2 is 1.46 bits per heavy atom. The summed E-state index contributed by atoms with van der Waals surface area (Å²) in [7, 11) is 0. The molecule has 154 valence electrons. The first-order valence-electron chi connectivity index (χ1n) is 7.52. The van der Waals surface area contributed by atoms with Crippen LogP contribution in [0.1, 0.15) is 41.5 Å². The van der Waals surface area contributed by atoms with E-state index in [9.17, 15) is 35.5 Å². The van der Waals surface area contributed by atoms with Crippen LogP contribution < -0.4 is 0 Å². The van der Waals surface area contributed by atoms with Crippen molar-refractivity contribution in [1.82, 2.24) is 0 Å². The molecular formula is C16H23F7O3. The molecule has 0 rings (SSSR count). The largest absolute Gasteiger partial charge is 0.458 e. The van der Waals surface area contributed by atoms with Crippen molar-refractivity contribution in [1.29, 1.82) is 0 Å². The monoisotopic (exact) mass is 396 g/mol. The van der Waals surface area contributed by atoms with Crippen LogP contribution in [0.4, 0.5) is 30.7 Å². The molecule has 1 N–H and O–H groups in total. The van der Waals surface area contributed by atoms with E-state index >= 15 is 0 Å². The smallest absolute Gasteiger partial charge is 0.429 e. The summed E-state index contributed by atoms with van der Waals surface area (Å²) in [5, 5.41) is 8.95. The van der Waals surface area contributed by atoms with E-state index in [-0.39, 0.29) is 0 Å². The topological polar surface area (TPSA) is 46.5 Å². The molecule has 0 radical (unpaired) electrons. The minimum absolute atomic E-state index is 0.602. The lowest BCUT2D eigenvalue weighted by Crippen LogP contribution is -2.65. The van der Waals surface area contributed by atoms with Crippen LogP contribution in [0, 0.1) is 10.8 Å². The molecule has 0 bridgehead atoms. The number of halogens is 7. The summed E-state index contributed by atoms with van der Waals surface area (Å²) >= 11 is 0. The van der Waals surface area contributed by atoms with Crippen molar-refractivity contribution in [2.24, 2.45) is 10.8 Å². The molecule has 0 saturated heterocycles. The Bertz CT molecular complexity index is 545. The fourth-order valence-corrected chi connectivity index (χ4v) is 2.07. The van der Waals surface area contributed by atoms with Crippen molar-refractivity contribution >= 4 is 5.97 Å². The zero-order valence-corrected chi connectivity index (χ0v) is 15.3. The Morgan fingerprint density at radius 3 is 1.73 bits per heavy atom. The summed E-state index contributed by atoms with van der Waals surface area (Å²) < 4.78 is 94.9. The SMILES string of the molecule is CC(C)=CC(C)(C(=O)OCC(F)(F)C(O)(C(F)F)C(F)(F)F)C(C)(C)C. The number of hydrogen-bond acceptors (Lipinski definition) is 3. The van der Waals surface area contributed by atoms with E-state index in [0.717, 1.165) is 0 Å².